The van der Waals surface area contributed by atoms with Gasteiger partial charge in [-0.15, -0.1) is 0 Å². The van der Waals surface area contributed by atoms with Gasteiger partial charge in [0.25, 0.3) is 0 Å². The van der Waals surface area contributed by atoms with Gasteiger partial charge in [0.1, 0.15) is 5.60 Å². The molecule has 0 bridgehead atoms. The molecule has 0 spiro atoms. The Kier molecular flexibility index (Phi) is 7.25. The van der Waals surface area contributed by atoms with Gasteiger partial charge in [0, 0.05) is 19.6 Å². The van der Waals surface area contributed by atoms with Crippen LogP contribution in [0.4, 0.5) is 4.79 Å². The molecule has 0 rings (SSSR count). The van der Waals surface area contributed by atoms with E-state index in [0.717, 1.165) is 12.8 Å². The van der Waals surface area contributed by atoms with Crippen molar-refractivity contribution in [1.29, 1.82) is 0 Å². The van der Waals surface area contributed by atoms with E-state index in [-0.39, 0.29) is 0 Å². The van der Waals surface area contributed by atoms with Crippen molar-refractivity contribution in [3.63, 3.8) is 0 Å². The molecule has 0 aromatic carbocycles. The van der Waals surface area contributed by atoms with Crippen molar-refractivity contribution < 1.29 is 14.6 Å². The third-order valence-corrected chi connectivity index (χ3v) is 2.74. The third-order valence-electron chi connectivity index (χ3n) is 2.74. The van der Waals surface area contributed by atoms with Crippen LogP contribution in [0.15, 0.2) is 0 Å². The maximum absolute atomic E-state index is 11.3. The highest BCUT2D eigenvalue weighted by Crippen LogP contribution is 2.12. The largest absolute Gasteiger partial charge is 0.444 e. The number of hydrogen-bond donors (Lipinski definition) is 3. The molecule has 0 aliphatic heterocycles. The van der Waals surface area contributed by atoms with Crippen LogP contribution in [-0.2, 0) is 4.74 Å². The highest BCUT2D eigenvalue weighted by atomic mass is 16.6. The minimum atomic E-state index is -0.647. The number of aliphatic hydroxyl groups is 1. The van der Waals surface area contributed by atoms with E-state index in [1.54, 1.807) is 0 Å². The molecule has 18 heavy (non-hydrogen) atoms. The molecule has 0 aliphatic carbocycles. The summed E-state index contributed by atoms with van der Waals surface area (Å²) in [6.07, 6.45) is 1.02. The number of carbonyl (C=O) groups is 1. The summed E-state index contributed by atoms with van der Waals surface area (Å²) in [7, 11) is 0. The lowest BCUT2D eigenvalue weighted by Gasteiger charge is -2.25. The Bertz CT molecular complexity index is 245. The first-order valence-electron chi connectivity index (χ1n) is 6.62. The Morgan fingerprint density at radius 2 is 1.72 bits per heavy atom. The summed E-state index contributed by atoms with van der Waals surface area (Å²) >= 11 is 0. The molecular weight excluding hydrogens is 232 g/mol. The van der Waals surface area contributed by atoms with Gasteiger partial charge < -0.3 is 20.5 Å². The zero-order valence-electron chi connectivity index (χ0n) is 12.3. The lowest BCUT2D eigenvalue weighted by Crippen LogP contribution is -2.42. The number of carbonyl (C=O) groups excluding carboxylic acids is 1. The van der Waals surface area contributed by atoms with Gasteiger partial charge in [0.15, 0.2) is 0 Å². The zero-order chi connectivity index (χ0) is 14.2. The average Bonchev–Trinajstić information content (AvgIpc) is 2.26. The average molecular weight is 260 g/mol. The van der Waals surface area contributed by atoms with Gasteiger partial charge in [-0.1, -0.05) is 13.8 Å². The van der Waals surface area contributed by atoms with E-state index < -0.39 is 17.3 Å². The number of hydrogen-bond acceptors (Lipinski definition) is 4. The molecule has 5 nitrogen and oxygen atoms in total. The summed E-state index contributed by atoms with van der Waals surface area (Å²) < 4.78 is 5.10. The molecule has 0 heterocycles. The van der Waals surface area contributed by atoms with E-state index in [4.69, 9.17) is 4.74 Å². The van der Waals surface area contributed by atoms with Gasteiger partial charge >= 0.3 is 6.09 Å². The van der Waals surface area contributed by atoms with Gasteiger partial charge in [0.05, 0.1) is 5.60 Å². The van der Waals surface area contributed by atoms with Crippen LogP contribution >= 0.6 is 0 Å². The quantitative estimate of drug-likeness (QED) is 0.609. The fraction of sp³-hybridized carbons (Fsp3) is 0.923. The predicted octanol–water partition coefficient (Wildman–Crippen LogP) is 1.65. The van der Waals surface area contributed by atoms with Crippen molar-refractivity contribution in [3.8, 4) is 0 Å². The van der Waals surface area contributed by atoms with E-state index in [1.807, 2.05) is 34.6 Å². The molecule has 0 radical (unpaired) electrons. The number of nitrogens with one attached hydrogen (secondary N) is 2. The molecule has 0 saturated carbocycles. The molecule has 0 fully saturated rings. The molecule has 0 aromatic rings. The number of rotatable bonds is 7. The number of ether oxygens (including phenoxy) is 1. The molecule has 0 saturated heterocycles. The van der Waals surface area contributed by atoms with Crippen molar-refractivity contribution in [2.24, 2.45) is 0 Å². The summed E-state index contributed by atoms with van der Waals surface area (Å²) in [5.41, 5.74) is -1.12. The monoisotopic (exact) mass is 260 g/mol. The maximum atomic E-state index is 11.3. The Morgan fingerprint density at radius 3 is 2.17 bits per heavy atom. The zero-order valence-corrected chi connectivity index (χ0v) is 12.3. The number of alkyl carbamates (subject to hydrolysis) is 1. The van der Waals surface area contributed by atoms with Gasteiger partial charge in [-0.2, -0.15) is 0 Å². The standard InChI is InChI=1S/C13H28N2O3/c1-6-13(17,7-2)10-14-8-9-15-11(16)18-12(3,4)5/h14,17H,6-10H2,1-5H3,(H,15,16). The van der Waals surface area contributed by atoms with E-state index >= 15 is 0 Å². The van der Waals surface area contributed by atoms with Gasteiger partial charge in [0.2, 0.25) is 0 Å². The Morgan fingerprint density at radius 1 is 1.17 bits per heavy atom. The summed E-state index contributed by atoms with van der Waals surface area (Å²) in [5, 5.41) is 15.8. The van der Waals surface area contributed by atoms with E-state index in [2.05, 4.69) is 10.6 Å². The van der Waals surface area contributed by atoms with Crippen LogP contribution in [0.1, 0.15) is 47.5 Å². The number of amides is 1. The van der Waals surface area contributed by atoms with Crippen molar-refractivity contribution >= 4 is 6.09 Å². The molecule has 5 heteroatoms. The lowest BCUT2D eigenvalue weighted by molar-refractivity contribution is 0.0326. The summed E-state index contributed by atoms with van der Waals surface area (Å²) in [5.74, 6) is 0. The predicted molar refractivity (Wildman–Crippen MR) is 72.6 cm³/mol. The molecule has 1 amide bonds. The third kappa shape index (κ3) is 8.31. The Balaban J connectivity index is 3.66. The van der Waals surface area contributed by atoms with Crippen LogP contribution in [0.5, 0.6) is 0 Å². The first-order valence-corrected chi connectivity index (χ1v) is 6.62. The van der Waals surface area contributed by atoms with Crippen molar-refractivity contribution in [2.75, 3.05) is 19.6 Å². The second-order valence-corrected chi connectivity index (χ2v) is 5.54. The van der Waals surface area contributed by atoms with Crippen molar-refractivity contribution in [2.45, 2.75) is 58.7 Å². The second kappa shape index (κ2) is 7.59. The second-order valence-electron chi connectivity index (χ2n) is 5.54. The lowest BCUT2D eigenvalue weighted by atomic mass is 9.98. The van der Waals surface area contributed by atoms with Crippen LogP contribution in [0.2, 0.25) is 0 Å². The van der Waals surface area contributed by atoms with Gasteiger partial charge in [-0.25, -0.2) is 4.79 Å². The Labute approximate surface area is 110 Å². The smallest absolute Gasteiger partial charge is 0.407 e. The molecule has 0 unspecified atom stereocenters. The van der Waals surface area contributed by atoms with E-state index in [9.17, 15) is 9.90 Å². The molecule has 108 valence electrons. The highest BCUT2D eigenvalue weighted by Gasteiger charge is 2.21. The Hall–Kier alpha value is -0.810. The fourth-order valence-electron chi connectivity index (χ4n) is 1.39. The molecule has 0 aromatic heterocycles. The summed E-state index contributed by atoms with van der Waals surface area (Å²) in [6.45, 7) is 11.0. The summed E-state index contributed by atoms with van der Waals surface area (Å²) in [6, 6.07) is 0. The van der Waals surface area contributed by atoms with Crippen LogP contribution in [0, 0.1) is 0 Å². The van der Waals surface area contributed by atoms with Crippen molar-refractivity contribution in [1.82, 2.24) is 10.6 Å². The van der Waals surface area contributed by atoms with E-state index in [0.29, 0.717) is 19.6 Å². The first-order chi connectivity index (χ1) is 8.22. The van der Waals surface area contributed by atoms with Crippen LogP contribution in [0.3, 0.4) is 0 Å². The van der Waals surface area contributed by atoms with Gasteiger partial charge in [-0.05, 0) is 33.6 Å². The van der Waals surface area contributed by atoms with Crippen LogP contribution < -0.4 is 10.6 Å². The molecule has 0 aliphatic rings. The fourth-order valence-corrected chi connectivity index (χ4v) is 1.39. The minimum Gasteiger partial charge on any atom is -0.444 e. The minimum absolute atomic E-state index is 0.412. The maximum Gasteiger partial charge on any atom is 0.407 e. The topological polar surface area (TPSA) is 70.6 Å². The van der Waals surface area contributed by atoms with Crippen molar-refractivity contribution in [3.05, 3.63) is 0 Å². The highest BCUT2D eigenvalue weighted by molar-refractivity contribution is 5.67. The molecule has 0 atom stereocenters. The van der Waals surface area contributed by atoms with Crippen LogP contribution in [0.25, 0.3) is 0 Å². The first kappa shape index (κ1) is 17.2. The van der Waals surface area contributed by atoms with Crippen LogP contribution in [-0.4, -0.2) is 42.0 Å². The SMILES string of the molecule is CCC(O)(CC)CNCCNC(=O)OC(C)(C)C. The molecule has 3 N–H and O–H groups in total. The van der Waals surface area contributed by atoms with E-state index in [1.165, 1.54) is 0 Å². The molecular formula is C13H28N2O3. The normalized spacial score (nSPS) is 12.3. The van der Waals surface area contributed by atoms with Gasteiger partial charge in [-0.3, -0.25) is 0 Å². The summed E-state index contributed by atoms with van der Waals surface area (Å²) in [4.78, 5) is 11.3.